The third-order valence-corrected chi connectivity index (χ3v) is 3.64. The van der Waals surface area contributed by atoms with E-state index in [0.717, 1.165) is 23.4 Å². The van der Waals surface area contributed by atoms with E-state index >= 15 is 0 Å². The van der Waals surface area contributed by atoms with Gasteiger partial charge in [0, 0.05) is 13.0 Å². The molecule has 0 unspecified atom stereocenters. The average molecular weight is 276 g/mol. The van der Waals surface area contributed by atoms with Crippen molar-refractivity contribution in [2.24, 2.45) is 0 Å². The van der Waals surface area contributed by atoms with Crippen LogP contribution in [0.25, 0.3) is 11.1 Å². The molecule has 0 saturated carbocycles. The topological polar surface area (TPSA) is 86.9 Å². The van der Waals surface area contributed by atoms with E-state index in [4.69, 9.17) is 10.2 Å². The zero-order valence-corrected chi connectivity index (χ0v) is 10.9. The van der Waals surface area contributed by atoms with Crippen molar-refractivity contribution in [1.82, 2.24) is 14.8 Å². The third kappa shape index (κ3) is 2.37. The molecule has 0 aliphatic carbocycles. The highest BCUT2D eigenvalue weighted by molar-refractivity contribution is 7.15. The van der Waals surface area contributed by atoms with E-state index in [1.54, 1.807) is 10.6 Å². The lowest BCUT2D eigenvalue weighted by atomic mass is 10.3. The van der Waals surface area contributed by atoms with Gasteiger partial charge in [-0.25, -0.2) is 4.79 Å². The number of rotatable bonds is 4. The van der Waals surface area contributed by atoms with Crippen LogP contribution in [0, 0.1) is 0 Å². The zero-order chi connectivity index (χ0) is 13.2. The van der Waals surface area contributed by atoms with Gasteiger partial charge in [0.15, 0.2) is 5.58 Å². The molecular weight excluding hydrogens is 264 g/mol. The molecule has 0 aliphatic rings. The number of nitrogen functional groups attached to an aromatic ring is 1. The number of aromatic nitrogens is 3. The van der Waals surface area contributed by atoms with Crippen molar-refractivity contribution < 1.29 is 4.42 Å². The summed E-state index contributed by atoms with van der Waals surface area (Å²) >= 11 is 1.38. The summed E-state index contributed by atoms with van der Waals surface area (Å²) in [5.74, 6) is -0.321. The number of fused-ring (bicyclic) bond motifs is 1. The van der Waals surface area contributed by atoms with Crippen LogP contribution in [0.1, 0.15) is 11.4 Å². The van der Waals surface area contributed by atoms with Crippen molar-refractivity contribution in [2.75, 3.05) is 5.73 Å². The van der Waals surface area contributed by atoms with E-state index < -0.39 is 0 Å². The Balaban J connectivity index is 1.75. The van der Waals surface area contributed by atoms with Crippen molar-refractivity contribution in [3.8, 4) is 0 Å². The van der Waals surface area contributed by atoms with Crippen LogP contribution < -0.4 is 11.5 Å². The molecule has 0 fully saturated rings. The molecule has 0 radical (unpaired) electrons. The van der Waals surface area contributed by atoms with Gasteiger partial charge in [-0.05, 0) is 18.6 Å². The van der Waals surface area contributed by atoms with Gasteiger partial charge in [0.1, 0.15) is 5.01 Å². The van der Waals surface area contributed by atoms with E-state index in [-0.39, 0.29) is 5.76 Å². The molecule has 7 heteroatoms. The smallest absolute Gasteiger partial charge is 0.408 e. The maximum Gasteiger partial charge on any atom is 0.419 e. The molecule has 1 aromatic carbocycles. The van der Waals surface area contributed by atoms with Crippen molar-refractivity contribution >= 4 is 27.6 Å². The quantitative estimate of drug-likeness (QED) is 0.783. The van der Waals surface area contributed by atoms with Gasteiger partial charge in [0.05, 0.1) is 5.52 Å². The molecule has 3 rings (SSSR count). The molecule has 2 heterocycles. The average Bonchev–Trinajstić information content (AvgIpc) is 2.94. The van der Waals surface area contributed by atoms with E-state index in [2.05, 4.69) is 10.2 Å². The monoisotopic (exact) mass is 276 g/mol. The maximum absolute atomic E-state index is 11.7. The van der Waals surface area contributed by atoms with E-state index in [9.17, 15) is 4.79 Å². The molecule has 0 bridgehead atoms. The number of oxazole rings is 1. The summed E-state index contributed by atoms with van der Waals surface area (Å²) < 4.78 is 6.81. The normalized spacial score (nSPS) is 11.2. The van der Waals surface area contributed by atoms with Gasteiger partial charge in [-0.3, -0.25) is 4.57 Å². The van der Waals surface area contributed by atoms with Crippen molar-refractivity contribution in [1.29, 1.82) is 0 Å². The summed E-state index contributed by atoms with van der Waals surface area (Å²) in [5.41, 5.74) is 6.96. The predicted molar refractivity (Wildman–Crippen MR) is 73.1 cm³/mol. The summed E-state index contributed by atoms with van der Waals surface area (Å²) in [6.07, 6.45) is 1.54. The fraction of sp³-hybridized carbons (Fsp3) is 0.250. The van der Waals surface area contributed by atoms with Crippen LogP contribution in [0.15, 0.2) is 33.5 Å². The minimum Gasteiger partial charge on any atom is -0.408 e. The largest absolute Gasteiger partial charge is 0.419 e. The Kier molecular flexibility index (Phi) is 3.04. The highest BCUT2D eigenvalue weighted by Crippen LogP contribution is 2.15. The Bertz CT molecular complexity index is 758. The number of nitrogens with two attached hydrogens (primary N) is 1. The van der Waals surface area contributed by atoms with Gasteiger partial charge in [0.2, 0.25) is 5.13 Å². The van der Waals surface area contributed by atoms with Crippen LogP contribution in [0.3, 0.4) is 0 Å². The molecule has 3 aromatic rings. The summed E-state index contributed by atoms with van der Waals surface area (Å²) in [6.45, 7) is 0.593. The van der Waals surface area contributed by atoms with Crippen molar-refractivity contribution in [3.63, 3.8) is 0 Å². The fourth-order valence-electron chi connectivity index (χ4n) is 1.98. The lowest BCUT2D eigenvalue weighted by Gasteiger charge is -2.00. The Hall–Kier alpha value is -2.15. The number of benzene rings is 1. The first-order valence-electron chi connectivity index (χ1n) is 5.90. The number of hydrogen-bond acceptors (Lipinski definition) is 6. The van der Waals surface area contributed by atoms with Crippen LogP contribution in [-0.2, 0) is 13.0 Å². The highest BCUT2D eigenvalue weighted by Gasteiger charge is 2.08. The summed E-state index contributed by atoms with van der Waals surface area (Å²) in [5, 5.41) is 9.07. The molecule has 98 valence electrons. The first-order chi connectivity index (χ1) is 9.24. The molecule has 0 spiro atoms. The van der Waals surface area contributed by atoms with Gasteiger partial charge in [-0.2, -0.15) is 0 Å². The van der Waals surface area contributed by atoms with E-state index in [1.807, 2.05) is 18.2 Å². The van der Waals surface area contributed by atoms with E-state index in [0.29, 0.717) is 17.3 Å². The zero-order valence-electron chi connectivity index (χ0n) is 10.1. The fourth-order valence-corrected chi connectivity index (χ4v) is 2.63. The van der Waals surface area contributed by atoms with Crippen LogP contribution in [0.2, 0.25) is 0 Å². The Morgan fingerprint density at radius 2 is 2.16 bits per heavy atom. The number of para-hydroxylation sites is 2. The standard InChI is InChI=1S/C12H12N4O2S/c13-11-15-14-10(19-11)6-3-7-16-8-4-1-2-5-9(8)18-12(16)17/h1-2,4-5H,3,6-7H2,(H2,13,15). The maximum atomic E-state index is 11.7. The Morgan fingerprint density at radius 1 is 1.32 bits per heavy atom. The van der Waals surface area contributed by atoms with Crippen LogP contribution in [0.5, 0.6) is 0 Å². The SMILES string of the molecule is Nc1nnc(CCCn2c(=O)oc3ccccc32)s1. The molecule has 2 N–H and O–H groups in total. The van der Waals surface area contributed by atoms with Crippen molar-refractivity contribution in [3.05, 3.63) is 39.8 Å². The minimum absolute atomic E-state index is 0.321. The van der Waals surface area contributed by atoms with Gasteiger partial charge in [0.25, 0.3) is 0 Å². The molecule has 0 amide bonds. The van der Waals surface area contributed by atoms with Crippen LogP contribution >= 0.6 is 11.3 Å². The van der Waals surface area contributed by atoms with Gasteiger partial charge in [-0.15, -0.1) is 10.2 Å². The molecular formula is C12H12N4O2S. The van der Waals surface area contributed by atoms with Crippen LogP contribution in [-0.4, -0.2) is 14.8 Å². The predicted octanol–water partition coefficient (Wildman–Crippen LogP) is 1.66. The van der Waals surface area contributed by atoms with E-state index in [1.165, 1.54) is 11.3 Å². The molecule has 0 saturated heterocycles. The minimum atomic E-state index is -0.321. The summed E-state index contributed by atoms with van der Waals surface area (Å²) in [7, 11) is 0. The number of hydrogen-bond donors (Lipinski definition) is 1. The van der Waals surface area contributed by atoms with Gasteiger partial charge in [-0.1, -0.05) is 23.5 Å². The lowest BCUT2D eigenvalue weighted by Crippen LogP contribution is -2.14. The Labute approximate surface area is 112 Å². The molecule has 6 nitrogen and oxygen atoms in total. The van der Waals surface area contributed by atoms with Crippen LogP contribution in [0.4, 0.5) is 5.13 Å². The first kappa shape index (κ1) is 11.9. The van der Waals surface area contributed by atoms with Crippen molar-refractivity contribution in [2.45, 2.75) is 19.4 Å². The second kappa shape index (κ2) is 4.85. The summed E-state index contributed by atoms with van der Waals surface area (Å²) in [6, 6.07) is 7.40. The molecule has 2 aromatic heterocycles. The number of anilines is 1. The molecule has 0 atom stereocenters. The Morgan fingerprint density at radius 3 is 2.95 bits per heavy atom. The highest BCUT2D eigenvalue weighted by atomic mass is 32.1. The van der Waals surface area contributed by atoms with Gasteiger partial charge >= 0.3 is 5.76 Å². The molecule has 19 heavy (non-hydrogen) atoms. The lowest BCUT2D eigenvalue weighted by molar-refractivity contribution is 0.497. The second-order valence-electron chi connectivity index (χ2n) is 4.12. The second-order valence-corrected chi connectivity index (χ2v) is 5.22. The number of aryl methyl sites for hydroxylation is 2. The van der Waals surface area contributed by atoms with Gasteiger partial charge < -0.3 is 10.2 Å². The first-order valence-corrected chi connectivity index (χ1v) is 6.72. The number of nitrogens with zero attached hydrogens (tertiary/aromatic N) is 3. The third-order valence-electron chi connectivity index (χ3n) is 2.83. The summed E-state index contributed by atoms with van der Waals surface area (Å²) in [4.78, 5) is 11.7. The molecule has 0 aliphatic heterocycles.